The number of carbonyl (C=O) groups is 1. The molecule has 2 amide bonds. The number of rotatable bonds is 6. The van der Waals surface area contributed by atoms with Crippen molar-refractivity contribution >= 4 is 17.6 Å². The largest absolute Gasteiger partial charge is 0.497 e. The van der Waals surface area contributed by atoms with Crippen LogP contribution < -0.4 is 15.4 Å². The highest BCUT2D eigenvalue weighted by atomic mass is 35.5. The van der Waals surface area contributed by atoms with E-state index in [2.05, 4.69) is 10.6 Å². The Balaban J connectivity index is 1.67. The first-order valence-electron chi connectivity index (χ1n) is 7.06. The van der Waals surface area contributed by atoms with Crippen LogP contribution in [0.2, 0.25) is 5.02 Å². The molecule has 0 radical (unpaired) electrons. The van der Waals surface area contributed by atoms with Gasteiger partial charge >= 0.3 is 6.03 Å². The molecule has 2 N–H and O–H groups in total. The van der Waals surface area contributed by atoms with Gasteiger partial charge in [0.25, 0.3) is 0 Å². The van der Waals surface area contributed by atoms with Crippen LogP contribution in [0, 0.1) is 0 Å². The van der Waals surface area contributed by atoms with E-state index in [1.165, 1.54) is 0 Å². The molecule has 2 aromatic rings. The summed E-state index contributed by atoms with van der Waals surface area (Å²) < 4.78 is 5.11. The average molecular weight is 319 g/mol. The first-order chi connectivity index (χ1) is 10.7. The molecule has 0 heterocycles. The third-order valence-corrected chi connectivity index (χ3v) is 3.48. The fourth-order valence-corrected chi connectivity index (χ4v) is 2.09. The van der Waals surface area contributed by atoms with E-state index in [9.17, 15) is 4.79 Å². The van der Waals surface area contributed by atoms with Crippen LogP contribution in [-0.4, -0.2) is 19.7 Å². The van der Waals surface area contributed by atoms with Crippen LogP contribution in [0.15, 0.2) is 48.5 Å². The number of halogens is 1. The number of carbonyl (C=O) groups excluding carboxylic acids is 1. The maximum Gasteiger partial charge on any atom is 0.315 e. The topological polar surface area (TPSA) is 50.4 Å². The second kappa shape index (κ2) is 8.29. The van der Waals surface area contributed by atoms with Crippen LogP contribution in [0.3, 0.4) is 0 Å². The van der Waals surface area contributed by atoms with E-state index in [4.69, 9.17) is 16.3 Å². The summed E-state index contributed by atoms with van der Waals surface area (Å²) in [5.41, 5.74) is 2.16. The Hall–Kier alpha value is -2.20. The maximum absolute atomic E-state index is 11.7. The van der Waals surface area contributed by atoms with Gasteiger partial charge in [0.05, 0.1) is 7.11 Å². The van der Waals surface area contributed by atoms with E-state index in [1.807, 2.05) is 36.4 Å². The third-order valence-electron chi connectivity index (χ3n) is 3.22. The molecule has 0 saturated heterocycles. The molecule has 22 heavy (non-hydrogen) atoms. The van der Waals surface area contributed by atoms with E-state index < -0.39 is 0 Å². The van der Waals surface area contributed by atoms with Crippen LogP contribution in [0.4, 0.5) is 4.79 Å². The fourth-order valence-electron chi connectivity index (χ4n) is 1.96. The lowest BCUT2D eigenvalue weighted by Gasteiger charge is -2.08. The number of hydrogen-bond acceptors (Lipinski definition) is 2. The molecule has 0 bridgehead atoms. The van der Waals surface area contributed by atoms with Crippen LogP contribution in [-0.2, 0) is 13.0 Å². The molecule has 116 valence electrons. The number of benzene rings is 2. The molecule has 5 heteroatoms. The molecule has 0 saturated carbocycles. The number of methoxy groups -OCH3 is 1. The van der Waals surface area contributed by atoms with Crippen molar-refractivity contribution in [2.24, 2.45) is 0 Å². The van der Waals surface area contributed by atoms with Gasteiger partial charge in [0.1, 0.15) is 5.75 Å². The molecule has 0 spiro atoms. The molecule has 0 aromatic heterocycles. The minimum absolute atomic E-state index is 0.177. The number of nitrogens with one attached hydrogen (secondary N) is 2. The highest BCUT2D eigenvalue weighted by molar-refractivity contribution is 6.30. The summed E-state index contributed by atoms with van der Waals surface area (Å²) in [5.74, 6) is 0.831. The van der Waals surface area contributed by atoms with E-state index in [0.29, 0.717) is 18.1 Å². The maximum atomic E-state index is 11.7. The first kappa shape index (κ1) is 16.2. The molecule has 0 aliphatic rings. The van der Waals surface area contributed by atoms with Crippen LogP contribution >= 0.6 is 11.6 Å². The van der Waals surface area contributed by atoms with Gasteiger partial charge in [-0.05, 0) is 41.8 Å². The van der Waals surface area contributed by atoms with Crippen LogP contribution in [0.25, 0.3) is 0 Å². The second-order valence-electron chi connectivity index (χ2n) is 4.83. The van der Waals surface area contributed by atoms with Gasteiger partial charge in [-0.15, -0.1) is 0 Å². The third kappa shape index (κ3) is 5.30. The van der Waals surface area contributed by atoms with Gasteiger partial charge in [-0.1, -0.05) is 35.9 Å². The second-order valence-corrected chi connectivity index (χ2v) is 5.27. The molecule has 2 aromatic carbocycles. The molecule has 0 fully saturated rings. The van der Waals surface area contributed by atoms with Crippen molar-refractivity contribution in [3.8, 4) is 5.75 Å². The van der Waals surface area contributed by atoms with E-state index in [1.54, 1.807) is 19.2 Å². The number of hydrogen-bond donors (Lipinski definition) is 2. The van der Waals surface area contributed by atoms with Crippen molar-refractivity contribution in [3.05, 3.63) is 64.7 Å². The zero-order chi connectivity index (χ0) is 15.8. The van der Waals surface area contributed by atoms with Gasteiger partial charge in [-0.25, -0.2) is 4.79 Å². The van der Waals surface area contributed by atoms with Gasteiger partial charge in [-0.3, -0.25) is 0 Å². The van der Waals surface area contributed by atoms with Gasteiger partial charge in [-0.2, -0.15) is 0 Å². The van der Waals surface area contributed by atoms with Crippen LogP contribution in [0.1, 0.15) is 11.1 Å². The Kier molecular flexibility index (Phi) is 6.10. The summed E-state index contributed by atoms with van der Waals surface area (Å²) in [6.45, 7) is 1.06. The molecule has 0 unspecified atom stereocenters. The number of ether oxygens (including phenoxy) is 1. The highest BCUT2D eigenvalue weighted by Crippen LogP contribution is 2.11. The summed E-state index contributed by atoms with van der Waals surface area (Å²) in [7, 11) is 1.64. The van der Waals surface area contributed by atoms with Crippen molar-refractivity contribution in [2.75, 3.05) is 13.7 Å². The summed E-state index contributed by atoms with van der Waals surface area (Å²) >= 11 is 5.81. The standard InChI is InChI=1S/C17H19ClN2O2/c1-22-16-8-4-13(5-9-16)10-11-19-17(21)20-12-14-2-6-15(18)7-3-14/h2-9H,10-12H2,1H3,(H2,19,20,21). The Morgan fingerprint density at radius 2 is 1.64 bits per heavy atom. The minimum atomic E-state index is -0.177. The average Bonchev–Trinajstić information content (AvgIpc) is 2.55. The van der Waals surface area contributed by atoms with Crippen molar-refractivity contribution in [1.82, 2.24) is 10.6 Å². The van der Waals surface area contributed by atoms with Crippen molar-refractivity contribution in [1.29, 1.82) is 0 Å². The van der Waals surface area contributed by atoms with Crippen molar-refractivity contribution in [3.63, 3.8) is 0 Å². The van der Waals surface area contributed by atoms with Gasteiger partial charge < -0.3 is 15.4 Å². The molecule has 0 aliphatic heterocycles. The predicted molar refractivity (Wildman–Crippen MR) is 88.4 cm³/mol. The van der Waals surface area contributed by atoms with E-state index >= 15 is 0 Å². The van der Waals surface area contributed by atoms with Crippen molar-refractivity contribution < 1.29 is 9.53 Å². The summed E-state index contributed by atoms with van der Waals surface area (Å²) in [6.07, 6.45) is 0.776. The van der Waals surface area contributed by atoms with E-state index in [-0.39, 0.29) is 6.03 Å². The smallest absolute Gasteiger partial charge is 0.315 e. The zero-order valence-electron chi connectivity index (χ0n) is 12.4. The normalized spacial score (nSPS) is 10.1. The molecular formula is C17H19ClN2O2. The Morgan fingerprint density at radius 1 is 1.00 bits per heavy atom. The molecule has 0 atom stereocenters. The lowest BCUT2D eigenvalue weighted by atomic mass is 10.1. The lowest BCUT2D eigenvalue weighted by Crippen LogP contribution is -2.36. The molecule has 4 nitrogen and oxygen atoms in total. The van der Waals surface area contributed by atoms with Crippen molar-refractivity contribution in [2.45, 2.75) is 13.0 Å². The number of amides is 2. The highest BCUT2D eigenvalue weighted by Gasteiger charge is 2.01. The summed E-state index contributed by atoms with van der Waals surface area (Å²) in [5, 5.41) is 6.33. The Labute approximate surface area is 135 Å². The Morgan fingerprint density at radius 3 is 2.27 bits per heavy atom. The minimum Gasteiger partial charge on any atom is -0.497 e. The lowest BCUT2D eigenvalue weighted by molar-refractivity contribution is 0.240. The fraction of sp³-hybridized carbons (Fsp3) is 0.235. The predicted octanol–water partition coefficient (Wildman–Crippen LogP) is 3.39. The monoisotopic (exact) mass is 318 g/mol. The zero-order valence-corrected chi connectivity index (χ0v) is 13.2. The first-order valence-corrected chi connectivity index (χ1v) is 7.44. The van der Waals surface area contributed by atoms with E-state index in [0.717, 1.165) is 23.3 Å². The summed E-state index contributed by atoms with van der Waals surface area (Å²) in [6, 6.07) is 15.0. The number of urea groups is 1. The van der Waals surface area contributed by atoms with Gasteiger partial charge in [0.15, 0.2) is 0 Å². The Bertz CT molecular complexity index is 597. The molecule has 0 aliphatic carbocycles. The quantitative estimate of drug-likeness (QED) is 0.857. The van der Waals surface area contributed by atoms with Gasteiger partial charge in [0.2, 0.25) is 0 Å². The van der Waals surface area contributed by atoms with Crippen LogP contribution in [0.5, 0.6) is 5.75 Å². The summed E-state index contributed by atoms with van der Waals surface area (Å²) in [4.78, 5) is 11.7. The van der Waals surface area contributed by atoms with Gasteiger partial charge in [0, 0.05) is 18.1 Å². The SMILES string of the molecule is COc1ccc(CCNC(=O)NCc2ccc(Cl)cc2)cc1. The molecule has 2 rings (SSSR count). The molecular weight excluding hydrogens is 300 g/mol.